The average Bonchev–Trinajstić information content (AvgIpc) is 3.28. The van der Waals surface area contributed by atoms with Gasteiger partial charge in [-0.25, -0.2) is 4.98 Å². The Morgan fingerprint density at radius 1 is 1.28 bits per heavy atom. The maximum absolute atomic E-state index is 13.2. The van der Waals surface area contributed by atoms with E-state index in [2.05, 4.69) is 21.2 Å². The molecule has 1 amide bonds. The van der Waals surface area contributed by atoms with E-state index in [9.17, 15) is 4.79 Å². The third kappa shape index (κ3) is 4.28. The summed E-state index contributed by atoms with van der Waals surface area (Å²) in [5.41, 5.74) is 2.99. The topological polar surface area (TPSA) is 60.5 Å². The number of hydrogen-bond acceptors (Lipinski definition) is 4. The zero-order valence-electron chi connectivity index (χ0n) is 16.4. The van der Waals surface area contributed by atoms with Crippen LogP contribution >= 0.6 is 15.9 Å². The Morgan fingerprint density at radius 3 is 2.90 bits per heavy atom. The third-order valence-corrected chi connectivity index (χ3v) is 5.76. The molecule has 0 bridgehead atoms. The second-order valence-corrected chi connectivity index (χ2v) is 8.18. The molecule has 0 unspecified atom stereocenters. The molecule has 29 heavy (non-hydrogen) atoms. The first-order valence-corrected chi connectivity index (χ1v) is 10.5. The van der Waals surface area contributed by atoms with Gasteiger partial charge in [0.05, 0.1) is 36.0 Å². The van der Waals surface area contributed by atoms with Crippen molar-refractivity contribution < 1.29 is 14.3 Å². The van der Waals surface area contributed by atoms with E-state index in [0.29, 0.717) is 5.56 Å². The van der Waals surface area contributed by atoms with Crippen LogP contribution in [0, 0.1) is 0 Å². The first-order chi connectivity index (χ1) is 14.0. The Kier molecular flexibility index (Phi) is 5.83. The van der Waals surface area contributed by atoms with Gasteiger partial charge in [-0.05, 0) is 56.2 Å². The van der Waals surface area contributed by atoms with Crippen LogP contribution < -0.4 is 10.1 Å². The molecular weight excluding hydrogens is 432 g/mol. The summed E-state index contributed by atoms with van der Waals surface area (Å²) in [6.07, 6.45) is 2.08. The number of aromatic nitrogens is 1. The summed E-state index contributed by atoms with van der Waals surface area (Å²) >= 11 is 3.51. The Hall–Kier alpha value is -2.44. The highest BCUT2D eigenvalue weighted by atomic mass is 79.9. The predicted octanol–water partition coefficient (Wildman–Crippen LogP) is 4.97. The van der Waals surface area contributed by atoms with Gasteiger partial charge in [-0.2, -0.15) is 0 Å². The van der Waals surface area contributed by atoms with E-state index < -0.39 is 0 Å². The van der Waals surface area contributed by atoms with Gasteiger partial charge in [-0.1, -0.05) is 28.1 Å². The number of nitrogens with one attached hydrogen (secondary N) is 1. The number of halogens is 1. The number of carbonyl (C=O) groups is 1. The van der Waals surface area contributed by atoms with Crippen molar-refractivity contribution in [1.82, 2.24) is 10.3 Å². The van der Waals surface area contributed by atoms with E-state index in [4.69, 9.17) is 14.5 Å². The lowest BCUT2D eigenvalue weighted by atomic mass is 10.0. The van der Waals surface area contributed by atoms with Crippen LogP contribution in [-0.2, 0) is 4.74 Å². The lowest BCUT2D eigenvalue weighted by molar-refractivity contribution is 0.0713. The number of fused-ring (bicyclic) bond motifs is 1. The minimum Gasteiger partial charge on any atom is -0.497 e. The molecule has 1 aliphatic heterocycles. The minimum atomic E-state index is -0.123. The Bertz CT molecular complexity index is 1050. The fraction of sp³-hybridized carbons (Fsp3) is 0.304. The first kappa shape index (κ1) is 19.9. The van der Waals surface area contributed by atoms with Crippen LogP contribution in [0.2, 0.25) is 0 Å². The Balaban J connectivity index is 1.75. The van der Waals surface area contributed by atoms with Gasteiger partial charge < -0.3 is 14.8 Å². The highest BCUT2D eigenvalue weighted by Gasteiger charge is 2.25. The molecule has 4 rings (SSSR count). The van der Waals surface area contributed by atoms with Gasteiger partial charge >= 0.3 is 0 Å². The molecule has 1 N–H and O–H groups in total. The molecule has 3 aromatic rings. The van der Waals surface area contributed by atoms with Crippen molar-refractivity contribution in [2.75, 3.05) is 13.7 Å². The summed E-state index contributed by atoms with van der Waals surface area (Å²) in [7, 11) is 1.63. The van der Waals surface area contributed by atoms with Crippen molar-refractivity contribution in [3.63, 3.8) is 0 Å². The summed E-state index contributed by atoms with van der Waals surface area (Å²) in [5.74, 6) is 0.626. The Labute approximate surface area is 178 Å². The SMILES string of the molecule is COc1cccc(-c2cc(C(=O)N[C@H](C)[C@H]3CCCO3)c3cc(Br)ccc3n2)c1. The van der Waals surface area contributed by atoms with Crippen LogP contribution in [-0.4, -0.2) is 36.8 Å². The average molecular weight is 455 g/mol. The number of methoxy groups -OCH3 is 1. The zero-order valence-corrected chi connectivity index (χ0v) is 18.0. The standard InChI is InChI=1S/C23H23BrN2O3/c1-14(22-7-4-10-29-22)25-23(27)19-13-21(15-5-3-6-17(11-15)28-2)26-20-9-8-16(24)12-18(19)20/h3,5-6,8-9,11-14,22H,4,7,10H2,1-2H3,(H,25,27)/t14-,22-/m1/s1. The van der Waals surface area contributed by atoms with E-state index in [1.807, 2.05) is 55.5 Å². The van der Waals surface area contributed by atoms with Crippen LogP contribution in [0.1, 0.15) is 30.1 Å². The van der Waals surface area contributed by atoms with Crippen LogP contribution in [0.15, 0.2) is 53.0 Å². The molecule has 0 spiro atoms. The second-order valence-electron chi connectivity index (χ2n) is 7.26. The summed E-state index contributed by atoms with van der Waals surface area (Å²) in [6.45, 7) is 2.76. The molecule has 2 aromatic carbocycles. The summed E-state index contributed by atoms with van der Waals surface area (Å²) in [4.78, 5) is 18.0. The number of benzene rings is 2. The molecule has 2 atom stereocenters. The van der Waals surface area contributed by atoms with E-state index >= 15 is 0 Å². The number of carbonyl (C=O) groups excluding carboxylic acids is 1. The van der Waals surface area contributed by atoms with E-state index in [1.165, 1.54) is 0 Å². The van der Waals surface area contributed by atoms with Crippen LogP contribution in [0.3, 0.4) is 0 Å². The molecule has 5 nitrogen and oxygen atoms in total. The molecule has 0 saturated carbocycles. The van der Waals surface area contributed by atoms with Crippen molar-refractivity contribution in [2.24, 2.45) is 0 Å². The fourth-order valence-corrected chi connectivity index (χ4v) is 4.05. The maximum atomic E-state index is 13.2. The second kappa shape index (κ2) is 8.51. The van der Waals surface area contributed by atoms with Gasteiger partial charge in [-0.3, -0.25) is 4.79 Å². The molecule has 0 radical (unpaired) electrons. The molecule has 1 fully saturated rings. The number of pyridine rings is 1. The van der Waals surface area contributed by atoms with Crippen molar-refractivity contribution in [2.45, 2.75) is 31.9 Å². The Morgan fingerprint density at radius 2 is 2.14 bits per heavy atom. The predicted molar refractivity (Wildman–Crippen MR) is 117 cm³/mol. The van der Waals surface area contributed by atoms with Gasteiger partial charge in [0.1, 0.15) is 5.75 Å². The minimum absolute atomic E-state index is 0.0550. The van der Waals surface area contributed by atoms with E-state index in [-0.39, 0.29) is 18.1 Å². The van der Waals surface area contributed by atoms with Gasteiger partial charge in [0.25, 0.3) is 5.91 Å². The number of amides is 1. The highest BCUT2D eigenvalue weighted by Crippen LogP contribution is 2.29. The third-order valence-electron chi connectivity index (χ3n) is 5.26. The number of nitrogens with zero attached hydrogens (tertiary/aromatic N) is 1. The molecule has 2 heterocycles. The van der Waals surface area contributed by atoms with E-state index in [1.54, 1.807) is 7.11 Å². The summed E-state index contributed by atoms with van der Waals surface area (Å²) < 4.78 is 12.0. The molecule has 1 aliphatic rings. The normalized spacial score (nSPS) is 17.3. The number of ether oxygens (including phenoxy) is 2. The molecule has 1 aromatic heterocycles. The van der Waals surface area contributed by atoms with E-state index in [0.717, 1.165) is 51.8 Å². The number of rotatable bonds is 5. The lowest BCUT2D eigenvalue weighted by Crippen LogP contribution is -2.40. The van der Waals surface area contributed by atoms with Crippen LogP contribution in [0.5, 0.6) is 5.75 Å². The molecule has 1 saturated heterocycles. The highest BCUT2D eigenvalue weighted by molar-refractivity contribution is 9.10. The summed E-state index contributed by atoms with van der Waals surface area (Å²) in [6, 6.07) is 15.3. The summed E-state index contributed by atoms with van der Waals surface area (Å²) in [5, 5.41) is 3.93. The zero-order chi connectivity index (χ0) is 20.4. The first-order valence-electron chi connectivity index (χ1n) is 9.72. The fourth-order valence-electron chi connectivity index (χ4n) is 3.69. The van der Waals surface area contributed by atoms with Gasteiger partial charge in [0, 0.05) is 22.0 Å². The quantitative estimate of drug-likeness (QED) is 0.590. The molecule has 6 heteroatoms. The largest absolute Gasteiger partial charge is 0.497 e. The van der Waals surface area contributed by atoms with Crippen molar-refractivity contribution >= 4 is 32.7 Å². The smallest absolute Gasteiger partial charge is 0.252 e. The van der Waals surface area contributed by atoms with Gasteiger partial charge in [0.2, 0.25) is 0 Å². The van der Waals surface area contributed by atoms with Crippen LogP contribution in [0.4, 0.5) is 0 Å². The number of hydrogen-bond donors (Lipinski definition) is 1. The molecular formula is C23H23BrN2O3. The van der Waals surface area contributed by atoms with Gasteiger partial charge in [0.15, 0.2) is 0 Å². The van der Waals surface area contributed by atoms with Gasteiger partial charge in [-0.15, -0.1) is 0 Å². The monoisotopic (exact) mass is 454 g/mol. The molecule has 0 aliphatic carbocycles. The van der Waals surface area contributed by atoms with Crippen molar-refractivity contribution in [3.05, 3.63) is 58.6 Å². The van der Waals surface area contributed by atoms with Crippen molar-refractivity contribution in [1.29, 1.82) is 0 Å². The van der Waals surface area contributed by atoms with Crippen molar-refractivity contribution in [3.8, 4) is 17.0 Å². The molecule has 150 valence electrons. The lowest BCUT2D eigenvalue weighted by Gasteiger charge is -2.20. The maximum Gasteiger partial charge on any atom is 0.252 e. The van der Waals surface area contributed by atoms with Crippen LogP contribution in [0.25, 0.3) is 22.2 Å².